The van der Waals surface area contributed by atoms with Gasteiger partial charge in [-0.3, -0.25) is 0 Å². The molecule has 0 aliphatic carbocycles. The number of aliphatic hydroxyl groups excluding tert-OH is 1. The maximum absolute atomic E-state index is 8.82. The molecule has 0 spiro atoms. The number of rotatable bonds is 4. The minimum absolute atomic E-state index is 0.117. The van der Waals surface area contributed by atoms with Crippen molar-refractivity contribution in [1.82, 2.24) is 0 Å². The molecule has 0 unspecified atom stereocenters. The Morgan fingerprint density at radius 3 is 2.71 bits per heavy atom. The zero-order chi connectivity index (χ0) is 15.1. The van der Waals surface area contributed by atoms with E-state index in [9.17, 15) is 0 Å². The van der Waals surface area contributed by atoms with Crippen molar-refractivity contribution in [2.24, 2.45) is 0 Å². The molecule has 0 saturated carbocycles. The first-order valence-corrected chi connectivity index (χ1v) is 8.07. The van der Waals surface area contributed by atoms with Crippen LogP contribution in [0.3, 0.4) is 0 Å². The maximum atomic E-state index is 8.82. The van der Waals surface area contributed by atoms with Crippen LogP contribution in [0.2, 0.25) is 0 Å². The smallest absolute Gasteiger partial charge is 0.0540 e. The van der Waals surface area contributed by atoms with E-state index in [1.807, 2.05) is 23.9 Å². The molecule has 0 atom stereocenters. The number of hydrogen-bond acceptors (Lipinski definition) is 2. The minimum Gasteiger partial charge on any atom is -0.395 e. The summed E-state index contributed by atoms with van der Waals surface area (Å²) in [6.07, 6.45) is 0.526. The third-order valence-electron chi connectivity index (χ3n) is 3.20. The molecule has 0 heterocycles. The van der Waals surface area contributed by atoms with E-state index < -0.39 is 0 Å². The summed E-state index contributed by atoms with van der Waals surface area (Å²) in [5.41, 5.74) is 4.91. The van der Waals surface area contributed by atoms with Crippen LogP contribution in [0.4, 0.5) is 0 Å². The molecule has 0 aromatic heterocycles. The number of benzene rings is 2. The number of thioether (sulfide) groups is 1. The van der Waals surface area contributed by atoms with E-state index in [1.54, 1.807) is 0 Å². The Morgan fingerprint density at radius 2 is 1.90 bits per heavy atom. The van der Waals surface area contributed by atoms with Gasteiger partial charge in [-0.15, -0.1) is 11.8 Å². The van der Waals surface area contributed by atoms with Gasteiger partial charge in [-0.2, -0.15) is 0 Å². The molecular formula is C19H20OS. The summed E-state index contributed by atoms with van der Waals surface area (Å²) in [5, 5.41) is 8.82. The standard InChI is InChI=1S/C19H20OS/c1-15-10-11-16(2)19(13-15)21-14-18-9-4-3-7-17(18)8-5-6-12-20/h3-4,7,9-11,13,20H,6,12,14H2,1-2H3. The number of aryl methyl sites for hydroxylation is 2. The molecule has 2 rings (SSSR count). The van der Waals surface area contributed by atoms with Gasteiger partial charge in [0.05, 0.1) is 6.61 Å². The minimum atomic E-state index is 0.117. The monoisotopic (exact) mass is 296 g/mol. The van der Waals surface area contributed by atoms with E-state index in [0.717, 1.165) is 11.3 Å². The second-order valence-corrected chi connectivity index (χ2v) is 6.01. The Bertz CT molecular complexity index is 665. The van der Waals surface area contributed by atoms with Gasteiger partial charge in [0.1, 0.15) is 0 Å². The van der Waals surface area contributed by atoms with Crippen LogP contribution >= 0.6 is 11.8 Å². The lowest BCUT2D eigenvalue weighted by molar-refractivity contribution is 0.305. The Balaban J connectivity index is 2.13. The predicted molar refractivity (Wildman–Crippen MR) is 90.5 cm³/mol. The summed E-state index contributed by atoms with van der Waals surface area (Å²) < 4.78 is 0. The molecule has 108 valence electrons. The fourth-order valence-corrected chi connectivity index (χ4v) is 3.13. The lowest BCUT2D eigenvalue weighted by Crippen LogP contribution is -1.89. The van der Waals surface area contributed by atoms with Crippen molar-refractivity contribution in [3.63, 3.8) is 0 Å². The molecule has 2 aromatic carbocycles. The Kier molecular flexibility index (Phi) is 5.92. The maximum Gasteiger partial charge on any atom is 0.0540 e. The van der Waals surface area contributed by atoms with Gasteiger partial charge in [-0.05, 0) is 37.1 Å². The first kappa shape index (κ1) is 15.7. The molecule has 0 bridgehead atoms. The fraction of sp³-hybridized carbons (Fsp3) is 0.263. The van der Waals surface area contributed by atoms with E-state index in [-0.39, 0.29) is 6.61 Å². The van der Waals surface area contributed by atoms with E-state index >= 15 is 0 Å². The molecule has 0 aliphatic rings. The molecule has 21 heavy (non-hydrogen) atoms. The SMILES string of the molecule is Cc1ccc(C)c(SCc2ccccc2C#CCCO)c1. The van der Waals surface area contributed by atoms with Crippen LogP contribution in [0.15, 0.2) is 47.4 Å². The van der Waals surface area contributed by atoms with Crippen molar-refractivity contribution < 1.29 is 5.11 Å². The highest BCUT2D eigenvalue weighted by Gasteiger charge is 2.03. The van der Waals surface area contributed by atoms with Gasteiger partial charge in [0.2, 0.25) is 0 Å². The van der Waals surface area contributed by atoms with E-state index in [4.69, 9.17) is 5.11 Å². The fourth-order valence-electron chi connectivity index (χ4n) is 2.00. The van der Waals surface area contributed by atoms with Crippen molar-refractivity contribution in [1.29, 1.82) is 0 Å². The molecule has 0 radical (unpaired) electrons. The van der Waals surface area contributed by atoms with Gasteiger partial charge in [-0.1, -0.05) is 47.7 Å². The highest BCUT2D eigenvalue weighted by molar-refractivity contribution is 7.98. The first-order chi connectivity index (χ1) is 10.2. The van der Waals surface area contributed by atoms with Crippen molar-refractivity contribution in [2.75, 3.05) is 6.61 Å². The third kappa shape index (κ3) is 4.67. The summed E-state index contributed by atoms with van der Waals surface area (Å²) in [6, 6.07) is 14.8. The van der Waals surface area contributed by atoms with Gasteiger partial charge in [0, 0.05) is 22.6 Å². The average molecular weight is 296 g/mol. The Hall–Kier alpha value is -1.69. The van der Waals surface area contributed by atoms with Crippen molar-refractivity contribution >= 4 is 11.8 Å². The molecule has 2 aromatic rings. The molecule has 0 amide bonds. The van der Waals surface area contributed by atoms with Gasteiger partial charge in [-0.25, -0.2) is 0 Å². The summed E-state index contributed by atoms with van der Waals surface area (Å²) in [5.74, 6) is 7.07. The topological polar surface area (TPSA) is 20.2 Å². The molecule has 0 saturated heterocycles. The molecule has 1 N–H and O–H groups in total. The van der Waals surface area contributed by atoms with Crippen LogP contribution in [-0.2, 0) is 5.75 Å². The van der Waals surface area contributed by atoms with Crippen LogP contribution in [0.1, 0.15) is 28.7 Å². The van der Waals surface area contributed by atoms with Crippen LogP contribution in [0.5, 0.6) is 0 Å². The van der Waals surface area contributed by atoms with Crippen LogP contribution in [0, 0.1) is 25.7 Å². The van der Waals surface area contributed by atoms with Gasteiger partial charge < -0.3 is 5.11 Å². The van der Waals surface area contributed by atoms with Crippen LogP contribution in [0.25, 0.3) is 0 Å². The average Bonchev–Trinajstić information content (AvgIpc) is 2.49. The van der Waals surface area contributed by atoms with E-state index in [1.165, 1.54) is 21.6 Å². The molecule has 1 nitrogen and oxygen atoms in total. The zero-order valence-corrected chi connectivity index (χ0v) is 13.3. The zero-order valence-electron chi connectivity index (χ0n) is 12.5. The highest BCUT2D eigenvalue weighted by atomic mass is 32.2. The van der Waals surface area contributed by atoms with Gasteiger partial charge >= 0.3 is 0 Å². The number of aliphatic hydroxyl groups is 1. The summed E-state index contributed by atoms with van der Waals surface area (Å²) in [6.45, 7) is 4.39. The quantitative estimate of drug-likeness (QED) is 0.669. The summed E-state index contributed by atoms with van der Waals surface area (Å²) >= 11 is 1.85. The summed E-state index contributed by atoms with van der Waals surface area (Å²) in [4.78, 5) is 1.33. The molecular weight excluding hydrogens is 276 g/mol. The first-order valence-electron chi connectivity index (χ1n) is 7.08. The molecule has 0 aliphatic heterocycles. The second-order valence-electron chi connectivity index (χ2n) is 4.99. The van der Waals surface area contributed by atoms with Crippen molar-refractivity contribution in [3.05, 3.63) is 64.7 Å². The lowest BCUT2D eigenvalue weighted by Gasteiger charge is -2.08. The lowest BCUT2D eigenvalue weighted by atomic mass is 10.1. The normalized spacial score (nSPS) is 10.0. The Labute approximate surface area is 131 Å². The molecule has 2 heteroatoms. The third-order valence-corrected chi connectivity index (χ3v) is 4.41. The van der Waals surface area contributed by atoms with E-state index in [0.29, 0.717) is 6.42 Å². The van der Waals surface area contributed by atoms with Crippen molar-refractivity contribution in [2.45, 2.75) is 30.9 Å². The van der Waals surface area contributed by atoms with Crippen LogP contribution < -0.4 is 0 Å². The highest BCUT2D eigenvalue weighted by Crippen LogP contribution is 2.27. The van der Waals surface area contributed by atoms with Gasteiger partial charge in [0.25, 0.3) is 0 Å². The van der Waals surface area contributed by atoms with Crippen LogP contribution in [-0.4, -0.2) is 11.7 Å². The largest absolute Gasteiger partial charge is 0.395 e. The second kappa shape index (κ2) is 7.93. The molecule has 0 fully saturated rings. The summed E-state index contributed by atoms with van der Waals surface area (Å²) in [7, 11) is 0. The van der Waals surface area contributed by atoms with E-state index in [2.05, 4.69) is 56.0 Å². The van der Waals surface area contributed by atoms with Crippen molar-refractivity contribution in [3.8, 4) is 11.8 Å². The number of hydrogen-bond donors (Lipinski definition) is 1. The van der Waals surface area contributed by atoms with Gasteiger partial charge in [0.15, 0.2) is 0 Å². The predicted octanol–water partition coefficient (Wildman–Crippen LogP) is 4.33. The Morgan fingerprint density at radius 1 is 1.10 bits per heavy atom.